The Kier molecular flexibility index (Phi) is 5.84. The van der Waals surface area contributed by atoms with Gasteiger partial charge in [-0.15, -0.1) is 10.2 Å². The Morgan fingerprint density at radius 1 is 1.13 bits per heavy atom. The topological polar surface area (TPSA) is 109 Å². The average Bonchev–Trinajstić information content (AvgIpc) is 3.45. The van der Waals surface area contributed by atoms with Crippen LogP contribution in [-0.2, 0) is 4.79 Å². The number of pyridine rings is 1. The number of methoxy groups -OCH3 is 1. The molecule has 30 heavy (non-hydrogen) atoms. The number of benzene rings is 1. The Hall–Kier alpha value is -3.53. The third-order valence-electron chi connectivity index (χ3n) is 4.70. The summed E-state index contributed by atoms with van der Waals surface area (Å²) in [6.07, 6.45) is 3.03. The quantitative estimate of drug-likeness (QED) is 0.651. The lowest BCUT2D eigenvalue weighted by atomic mass is 10.2. The van der Waals surface area contributed by atoms with E-state index in [-0.39, 0.29) is 11.9 Å². The first-order chi connectivity index (χ1) is 14.6. The molecule has 0 saturated carbocycles. The number of nitrogens with zero attached hydrogens (tertiary/aromatic N) is 4. The van der Waals surface area contributed by atoms with E-state index < -0.39 is 6.04 Å². The predicted molar refractivity (Wildman–Crippen MR) is 114 cm³/mol. The first kappa shape index (κ1) is 19.8. The highest BCUT2D eigenvalue weighted by molar-refractivity contribution is 7.18. The van der Waals surface area contributed by atoms with Gasteiger partial charge in [0.1, 0.15) is 17.5 Å². The molecule has 2 aromatic heterocycles. The summed E-state index contributed by atoms with van der Waals surface area (Å²) in [5.41, 5.74) is 1.34. The molecule has 1 aromatic carbocycles. The Bertz CT molecular complexity index is 1020. The molecule has 0 bridgehead atoms. The monoisotopic (exact) mass is 424 g/mol. The van der Waals surface area contributed by atoms with Crippen molar-refractivity contribution in [1.82, 2.24) is 20.1 Å². The summed E-state index contributed by atoms with van der Waals surface area (Å²) in [4.78, 5) is 31.2. The van der Waals surface area contributed by atoms with Gasteiger partial charge < -0.3 is 15.0 Å². The standard InChI is InChI=1S/C20H20N6O3S/c1-29-14-9-7-13(8-10-14)22-17(27)16-6-4-12-26(16)20(28)23-19-25-24-18(30-19)15-5-2-3-11-21-15/h2-3,5,7-11,16H,4,6,12H2,1H3,(H,22,27)(H,23,25,28)/t16-/m0/s1. The number of ether oxygens (including phenoxy) is 1. The molecule has 3 heterocycles. The predicted octanol–water partition coefficient (Wildman–Crippen LogP) is 3.24. The first-order valence-electron chi connectivity index (χ1n) is 9.41. The molecule has 1 aliphatic heterocycles. The van der Waals surface area contributed by atoms with E-state index in [2.05, 4.69) is 25.8 Å². The molecular weight excluding hydrogens is 404 g/mol. The molecule has 1 aliphatic rings. The fourth-order valence-corrected chi connectivity index (χ4v) is 3.92. The average molecular weight is 424 g/mol. The maximum absolute atomic E-state index is 12.8. The second kappa shape index (κ2) is 8.87. The van der Waals surface area contributed by atoms with Crippen molar-refractivity contribution >= 4 is 34.1 Å². The van der Waals surface area contributed by atoms with Crippen LogP contribution in [0.4, 0.5) is 15.6 Å². The van der Waals surface area contributed by atoms with Crippen molar-refractivity contribution in [2.24, 2.45) is 0 Å². The van der Waals surface area contributed by atoms with Crippen LogP contribution < -0.4 is 15.4 Å². The van der Waals surface area contributed by atoms with E-state index in [0.29, 0.717) is 40.2 Å². The van der Waals surface area contributed by atoms with Gasteiger partial charge in [-0.1, -0.05) is 17.4 Å². The maximum Gasteiger partial charge on any atom is 0.324 e. The van der Waals surface area contributed by atoms with Gasteiger partial charge in [-0.25, -0.2) is 4.79 Å². The van der Waals surface area contributed by atoms with E-state index in [1.54, 1.807) is 37.6 Å². The number of hydrogen-bond donors (Lipinski definition) is 2. The van der Waals surface area contributed by atoms with E-state index in [1.807, 2.05) is 18.2 Å². The Morgan fingerprint density at radius 2 is 1.97 bits per heavy atom. The summed E-state index contributed by atoms with van der Waals surface area (Å²) in [5, 5.41) is 14.7. The van der Waals surface area contributed by atoms with Crippen LogP contribution in [0.25, 0.3) is 10.7 Å². The molecule has 2 N–H and O–H groups in total. The second-order valence-electron chi connectivity index (χ2n) is 6.63. The van der Waals surface area contributed by atoms with E-state index in [0.717, 1.165) is 6.42 Å². The summed E-state index contributed by atoms with van der Waals surface area (Å²) < 4.78 is 5.12. The number of nitrogens with one attached hydrogen (secondary N) is 2. The van der Waals surface area contributed by atoms with Gasteiger partial charge in [-0.3, -0.25) is 15.1 Å². The van der Waals surface area contributed by atoms with Gasteiger partial charge in [0.2, 0.25) is 11.0 Å². The highest BCUT2D eigenvalue weighted by Crippen LogP contribution is 2.26. The molecular formula is C20H20N6O3S. The zero-order valence-corrected chi connectivity index (χ0v) is 17.1. The number of carbonyl (C=O) groups excluding carboxylic acids is 2. The lowest BCUT2D eigenvalue weighted by Crippen LogP contribution is -2.45. The Labute approximate surface area is 177 Å². The molecule has 3 aromatic rings. The van der Waals surface area contributed by atoms with Gasteiger partial charge in [0.05, 0.1) is 7.11 Å². The third-order valence-corrected chi connectivity index (χ3v) is 5.56. The van der Waals surface area contributed by atoms with E-state index in [9.17, 15) is 9.59 Å². The van der Waals surface area contributed by atoms with Crippen LogP contribution >= 0.6 is 11.3 Å². The van der Waals surface area contributed by atoms with Gasteiger partial charge in [0.25, 0.3) is 0 Å². The van der Waals surface area contributed by atoms with Crippen LogP contribution in [0.15, 0.2) is 48.7 Å². The highest BCUT2D eigenvalue weighted by atomic mass is 32.1. The SMILES string of the molecule is COc1ccc(NC(=O)[C@@H]2CCCN2C(=O)Nc2nnc(-c3ccccn3)s2)cc1. The van der Waals surface area contributed by atoms with Gasteiger partial charge in [-0.05, 0) is 49.2 Å². The third kappa shape index (κ3) is 4.38. The number of amides is 3. The van der Waals surface area contributed by atoms with Gasteiger partial charge in [-0.2, -0.15) is 0 Å². The molecule has 3 amide bonds. The van der Waals surface area contributed by atoms with Crippen LogP contribution in [0.2, 0.25) is 0 Å². The Morgan fingerprint density at radius 3 is 2.70 bits per heavy atom. The second-order valence-corrected chi connectivity index (χ2v) is 7.60. The fraction of sp³-hybridized carbons (Fsp3) is 0.250. The molecule has 0 spiro atoms. The van der Waals surface area contributed by atoms with Crippen LogP contribution in [0.5, 0.6) is 5.75 Å². The number of hydrogen-bond acceptors (Lipinski definition) is 7. The van der Waals surface area contributed by atoms with E-state index in [4.69, 9.17) is 4.74 Å². The van der Waals surface area contributed by atoms with Crippen molar-refractivity contribution in [2.45, 2.75) is 18.9 Å². The minimum Gasteiger partial charge on any atom is -0.497 e. The summed E-state index contributed by atoms with van der Waals surface area (Å²) in [6.45, 7) is 0.498. The molecule has 154 valence electrons. The number of rotatable bonds is 5. The normalized spacial score (nSPS) is 15.6. The zero-order chi connectivity index (χ0) is 20.9. The van der Waals surface area contributed by atoms with Crippen molar-refractivity contribution in [2.75, 3.05) is 24.3 Å². The minimum absolute atomic E-state index is 0.223. The van der Waals surface area contributed by atoms with Gasteiger partial charge in [0, 0.05) is 18.4 Å². The molecule has 1 fully saturated rings. The summed E-state index contributed by atoms with van der Waals surface area (Å²) in [7, 11) is 1.58. The molecule has 0 radical (unpaired) electrons. The van der Waals surface area contributed by atoms with Gasteiger partial charge >= 0.3 is 6.03 Å². The minimum atomic E-state index is -0.546. The molecule has 0 unspecified atom stereocenters. The molecule has 1 atom stereocenters. The molecule has 9 nitrogen and oxygen atoms in total. The van der Waals surface area contributed by atoms with Crippen molar-refractivity contribution < 1.29 is 14.3 Å². The molecule has 10 heteroatoms. The summed E-state index contributed by atoms with van der Waals surface area (Å²) in [6, 6.07) is 11.6. The fourth-order valence-electron chi connectivity index (χ4n) is 3.21. The lowest BCUT2D eigenvalue weighted by Gasteiger charge is -2.23. The molecule has 0 aliphatic carbocycles. The molecule has 4 rings (SSSR count). The Balaban J connectivity index is 1.39. The highest BCUT2D eigenvalue weighted by Gasteiger charge is 2.34. The number of likely N-dealkylation sites (tertiary alicyclic amines) is 1. The maximum atomic E-state index is 12.8. The number of urea groups is 1. The van der Waals surface area contributed by atoms with Crippen molar-refractivity contribution in [3.63, 3.8) is 0 Å². The smallest absolute Gasteiger partial charge is 0.324 e. The molecule has 1 saturated heterocycles. The van der Waals surface area contributed by atoms with Crippen LogP contribution in [0, 0.1) is 0 Å². The number of anilines is 2. The first-order valence-corrected chi connectivity index (χ1v) is 10.2. The zero-order valence-electron chi connectivity index (χ0n) is 16.2. The van der Waals surface area contributed by atoms with Crippen LogP contribution in [0.3, 0.4) is 0 Å². The van der Waals surface area contributed by atoms with Crippen LogP contribution in [0.1, 0.15) is 12.8 Å². The summed E-state index contributed by atoms with van der Waals surface area (Å²) >= 11 is 1.23. The van der Waals surface area contributed by atoms with E-state index >= 15 is 0 Å². The van der Waals surface area contributed by atoms with Crippen molar-refractivity contribution in [1.29, 1.82) is 0 Å². The lowest BCUT2D eigenvalue weighted by molar-refractivity contribution is -0.119. The van der Waals surface area contributed by atoms with Crippen molar-refractivity contribution in [3.05, 3.63) is 48.7 Å². The number of aromatic nitrogens is 3. The number of carbonyl (C=O) groups is 2. The van der Waals surface area contributed by atoms with Gasteiger partial charge in [0.15, 0.2) is 5.01 Å². The van der Waals surface area contributed by atoms with Crippen molar-refractivity contribution in [3.8, 4) is 16.5 Å². The largest absolute Gasteiger partial charge is 0.497 e. The summed E-state index contributed by atoms with van der Waals surface area (Å²) in [5.74, 6) is 0.483. The van der Waals surface area contributed by atoms with E-state index in [1.165, 1.54) is 16.2 Å². The van der Waals surface area contributed by atoms with Crippen LogP contribution in [-0.4, -0.2) is 51.7 Å².